The maximum Gasteiger partial charge on any atom is 0.214 e. The van der Waals surface area contributed by atoms with Gasteiger partial charge in [0.05, 0.1) is 17.4 Å². The Morgan fingerprint density at radius 3 is 2.52 bits per heavy atom. The molecule has 0 aromatic heterocycles. The van der Waals surface area contributed by atoms with Gasteiger partial charge in [-0.15, -0.1) is 0 Å². The van der Waals surface area contributed by atoms with Crippen LogP contribution in [0.3, 0.4) is 0 Å². The summed E-state index contributed by atoms with van der Waals surface area (Å²) in [6.07, 6.45) is 1.32. The van der Waals surface area contributed by atoms with E-state index < -0.39 is 33.3 Å². The van der Waals surface area contributed by atoms with Gasteiger partial charge in [-0.3, -0.25) is 0 Å². The minimum absolute atomic E-state index is 0.198. The predicted molar refractivity (Wildman–Crippen MR) is 75.3 cm³/mol. The summed E-state index contributed by atoms with van der Waals surface area (Å²) in [5, 5.41) is 0. The molecule has 1 aliphatic carbocycles. The van der Waals surface area contributed by atoms with Crippen molar-refractivity contribution in [2.75, 3.05) is 12.9 Å². The van der Waals surface area contributed by atoms with Gasteiger partial charge in [-0.1, -0.05) is 6.07 Å². The van der Waals surface area contributed by atoms with E-state index in [-0.39, 0.29) is 11.3 Å². The molecule has 21 heavy (non-hydrogen) atoms. The summed E-state index contributed by atoms with van der Waals surface area (Å²) in [7, 11) is -2.19. The number of halogens is 2. The Labute approximate surface area is 123 Å². The molecule has 0 amide bonds. The van der Waals surface area contributed by atoms with Crippen molar-refractivity contribution in [3.63, 3.8) is 0 Å². The molecule has 0 spiro atoms. The number of hydrogen-bond donors (Lipinski definition) is 1. The molecule has 0 heterocycles. The van der Waals surface area contributed by atoms with Crippen LogP contribution in [0.2, 0.25) is 0 Å². The highest BCUT2D eigenvalue weighted by atomic mass is 32.2. The summed E-state index contributed by atoms with van der Waals surface area (Å²) in [4.78, 5) is 0. The molecular weight excluding hydrogens is 300 g/mol. The van der Waals surface area contributed by atoms with Crippen LogP contribution in [0.15, 0.2) is 18.2 Å². The van der Waals surface area contributed by atoms with E-state index in [0.29, 0.717) is 12.8 Å². The third kappa shape index (κ3) is 3.59. The molecule has 118 valence electrons. The molecule has 1 fully saturated rings. The van der Waals surface area contributed by atoms with Gasteiger partial charge >= 0.3 is 0 Å². The Balaban J connectivity index is 2.26. The van der Waals surface area contributed by atoms with Gasteiger partial charge in [0, 0.05) is 18.7 Å². The largest absolute Gasteiger partial charge is 0.381 e. The molecule has 1 aromatic carbocycles. The van der Waals surface area contributed by atoms with Gasteiger partial charge < -0.3 is 4.74 Å². The van der Waals surface area contributed by atoms with Crippen LogP contribution in [0.1, 0.15) is 31.7 Å². The first-order chi connectivity index (χ1) is 9.78. The van der Waals surface area contributed by atoms with E-state index >= 15 is 0 Å². The van der Waals surface area contributed by atoms with Crippen molar-refractivity contribution in [3.8, 4) is 0 Å². The van der Waals surface area contributed by atoms with Gasteiger partial charge in [0.25, 0.3) is 0 Å². The molecule has 0 bridgehead atoms. The highest BCUT2D eigenvalue weighted by molar-refractivity contribution is 7.89. The summed E-state index contributed by atoms with van der Waals surface area (Å²) in [6, 6.07) is 3.23. The van der Waals surface area contributed by atoms with Crippen molar-refractivity contribution in [3.05, 3.63) is 35.4 Å². The number of benzene rings is 1. The van der Waals surface area contributed by atoms with Crippen molar-refractivity contribution < 1.29 is 21.9 Å². The van der Waals surface area contributed by atoms with Crippen molar-refractivity contribution >= 4 is 10.0 Å². The van der Waals surface area contributed by atoms with Gasteiger partial charge in [-0.2, -0.15) is 0 Å². The van der Waals surface area contributed by atoms with Crippen LogP contribution in [-0.2, 0) is 20.3 Å². The molecule has 0 unspecified atom stereocenters. The Morgan fingerprint density at radius 2 is 2.05 bits per heavy atom. The second-order valence-electron chi connectivity index (χ2n) is 5.49. The Morgan fingerprint density at radius 1 is 1.38 bits per heavy atom. The first kappa shape index (κ1) is 16.3. The summed E-state index contributed by atoms with van der Waals surface area (Å²) >= 11 is 0. The zero-order chi connectivity index (χ0) is 15.7. The van der Waals surface area contributed by atoms with Crippen LogP contribution in [0.4, 0.5) is 8.78 Å². The predicted octanol–water partition coefficient (Wildman–Crippen LogP) is 2.30. The zero-order valence-corrected chi connectivity index (χ0v) is 12.8. The third-order valence-corrected chi connectivity index (χ3v) is 5.47. The number of ether oxygens (including phenoxy) is 1. The second kappa shape index (κ2) is 5.98. The third-order valence-electron chi connectivity index (χ3n) is 3.86. The minimum Gasteiger partial charge on any atom is -0.381 e. The molecular formula is C14H19F2NO3S. The molecule has 0 radical (unpaired) electrons. The molecule has 2 rings (SSSR count). The van der Waals surface area contributed by atoms with Crippen LogP contribution in [0.5, 0.6) is 0 Å². The first-order valence-electron chi connectivity index (χ1n) is 6.78. The normalized spacial score (nSPS) is 19.0. The summed E-state index contributed by atoms with van der Waals surface area (Å²) in [6.45, 7) is 1.64. The SMILES string of the molecule is CO[C@@H](C)CS(=O)(=O)NC1(c2ccc(F)cc2F)CCC1. The molecule has 1 aromatic rings. The smallest absolute Gasteiger partial charge is 0.214 e. The Hall–Kier alpha value is -1.05. The molecule has 0 saturated heterocycles. The van der Waals surface area contributed by atoms with E-state index in [4.69, 9.17) is 4.74 Å². The molecule has 1 aliphatic rings. The van der Waals surface area contributed by atoms with Crippen LogP contribution in [-0.4, -0.2) is 27.4 Å². The molecule has 1 atom stereocenters. The van der Waals surface area contributed by atoms with Gasteiger partial charge in [-0.25, -0.2) is 21.9 Å². The van der Waals surface area contributed by atoms with Crippen LogP contribution >= 0.6 is 0 Å². The maximum absolute atomic E-state index is 14.0. The topological polar surface area (TPSA) is 55.4 Å². The lowest BCUT2D eigenvalue weighted by Crippen LogP contribution is -2.52. The van der Waals surface area contributed by atoms with Crippen molar-refractivity contribution in [1.29, 1.82) is 0 Å². The van der Waals surface area contributed by atoms with E-state index in [2.05, 4.69) is 4.72 Å². The van der Waals surface area contributed by atoms with E-state index in [1.54, 1.807) is 6.92 Å². The summed E-state index contributed by atoms with van der Waals surface area (Å²) < 4.78 is 58.9. The lowest BCUT2D eigenvalue weighted by molar-refractivity contribution is 0.135. The van der Waals surface area contributed by atoms with Crippen molar-refractivity contribution in [2.45, 2.75) is 37.8 Å². The summed E-state index contributed by atoms with van der Waals surface area (Å²) in [5.74, 6) is -1.60. The fourth-order valence-electron chi connectivity index (χ4n) is 2.55. The average molecular weight is 319 g/mol. The first-order valence-corrected chi connectivity index (χ1v) is 8.43. The highest BCUT2D eigenvalue weighted by Crippen LogP contribution is 2.43. The Kier molecular flexibility index (Phi) is 4.65. The fraction of sp³-hybridized carbons (Fsp3) is 0.571. The molecule has 4 nitrogen and oxygen atoms in total. The number of rotatable bonds is 6. The summed E-state index contributed by atoms with van der Waals surface area (Å²) in [5.41, 5.74) is -0.770. The number of sulfonamides is 1. The standard InChI is InChI=1S/C14H19F2NO3S/c1-10(20-2)9-21(18,19)17-14(6-3-7-14)12-5-4-11(15)8-13(12)16/h4-5,8,10,17H,3,6-7,9H2,1-2H3/t10-/m0/s1. The van der Waals surface area contributed by atoms with E-state index in [0.717, 1.165) is 18.6 Å². The van der Waals surface area contributed by atoms with Crippen LogP contribution in [0.25, 0.3) is 0 Å². The molecule has 0 aliphatic heterocycles. The van der Waals surface area contributed by atoms with Crippen molar-refractivity contribution in [2.24, 2.45) is 0 Å². The molecule has 7 heteroatoms. The lowest BCUT2D eigenvalue weighted by Gasteiger charge is -2.42. The number of hydrogen-bond acceptors (Lipinski definition) is 3. The fourth-order valence-corrected chi connectivity index (χ4v) is 4.30. The van der Waals surface area contributed by atoms with E-state index in [9.17, 15) is 17.2 Å². The molecule has 1 N–H and O–H groups in total. The van der Waals surface area contributed by atoms with Crippen LogP contribution in [0, 0.1) is 11.6 Å². The van der Waals surface area contributed by atoms with Crippen molar-refractivity contribution in [1.82, 2.24) is 4.72 Å². The highest BCUT2D eigenvalue weighted by Gasteiger charge is 2.43. The van der Waals surface area contributed by atoms with E-state index in [1.807, 2.05) is 0 Å². The average Bonchev–Trinajstić information content (AvgIpc) is 2.34. The second-order valence-corrected chi connectivity index (χ2v) is 7.26. The number of nitrogens with one attached hydrogen (secondary N) is 1. The molecule has 1 saturated carbocycles. The quantitative estimate of drug-likeness (QED) is 0.875. The Bertz CT molecular complexity index is 615. The van der Waals surface area contributed by atoms with Gasteiger partial charge in [0.1, 0.15) is 11.6 Å². The monoisotopic (exact) mass is 319 g/mol. The van der Waals surface area contributed by atoms with Gasteiger partial charge in [0.15, 0.2) is 0 Å². The zero-order valence-electron chi connectivity index (χ0n) is 12.0. The number of methoxy groups -OCH3 is 1. The van der Waals surface area contributed by atoms with E-state index in [1.165, 1.54) is 13.2 Å². The maximum atomic E-state index is 14.0. The van der Waals surface area contributed by atoms with Crippen LogP contribution < -0.4 is 4.72 Å². The van der Waals surface area contributed by atoms with Gasteiger partial charge in [0.2, 0.25) is 10.0 Å². The lowest BCUT2D eigenvalue weighted by atomic mass is 9.72. The van der Waals surface area contributed by atoms with Gasteiger partial charge in [-0.05, 0) is 32.3 Å². The minimum atomic E-state index is -3.62.